The van der Waals surface area contributed by atoms with Crippen molar-refractivity contribution in [3.05, 3.63) is 62.6 Å². The Morgan fingerprint density at radius 1 is 0.456 bits per heavy atom. The third kappa shape index (κ3) is 20.2. The number of benzene rings is 2. The zero-order valence-corrected chi connectivity index (χ0v) is 37.9. The number of hydrogen-bond donors (Lipinski definition) is 0. The number of ether oxygens (including phenoxy) is 4. The summed E-state index contributed by atoms with van der Waals surface area (Å²) in [5.74, 6) is -0.660. The van der Waals surface area contributed by atoms with E-state index in [2.05, 4.69) is 13.0 Å². The van der Waals surface area contributed by atoms with Gasteiger partial charge in [0.15, 0.2) is 11.5 Å². The number of halogens is 2. The standard InChI is InChI=1S/C49H76Cl2O6/c1-6-7-8-9-10-11-12-13-14-15-16-17-18-19-20-21-22-23-24-25-26-27-28-29-30-31-32-33-34-41(39-35-42(48(52)56-4)46(54-2)44(50)37-39)40-36-43(49(53)57-5)47(55-3)45(51)38-40/h34-38H,6-33H2,1-5H3. The van der Waals surface area contributed by atoms with Gasteiger partial charge in [-0.2, -0.15) is 0 Å². The molecule has 0 saturated heterocycles. The van der Waals surface area contributed by atoms with Crippen LogP contribution in [0.4, 0.5) is 0 Å². The van der Waals surface area contributed by atoms with Gasteiger partial charge in [0.1, 0.15) is 11.1 Å². The van der Waals surface area contributed by atoms with E-state index in [0.29, 0.717) is 11.1 Å². The third-order valence-corrected chi connectivity index (χ3v) is 11.6. The van der Waals surface area contributed by atoms with Gasteiger partial charge >= 0.3 is 11.9 Å². The van der Waals surface area contributed by atoms with Gasteiger partial charge in [-0.15, -0.1) is 0 Å². The van der Waals surface area contributed by atoms with Crippen molar-refractivity contribution in [3.63, 3.8) is 0 Å². The maximum atomic E-state index is 12.7. The molecule has 0 aliphatic rings. The number of unbranched alkanes of at least 4 members (excludes halogenated alkanes) is 27. The number of esters is 2. The molecule has 2 aromatic rings. The van der Waals surface area contributed by atoms with Gasteiger partial charge in [-0.3, -0.25) is 0 Å². The third-order valence-electron chi connectivity index (χ3n) is 11.1. The van der Waals surface area contributed by atoms with Crippen LogP contribution in [0, 0.1) is 0 Å². The number of carbonyl (C=O) groups is 2. The van der Waals surface area contributed by atoms with Crippen molar-refractivity contribution < 1.29 is 28.5 Å². The highest BCUT2D eigenvalue weighted by atomic mass is 35.5. The van der Waals surface area contributed by atoms with E-state index in [-0.39, 0.29) is 32.7 Å². The molecule has 0 aromatic heterocycles. The Morgan fingerprint density at radius 3 is 1.00 bits per heavy atom. The van der Waals surface area contributed by atoms with Crippen molar-refractivity contribution >= 4 is 40.7 Å². The molecule has 0 N–H and O–H groups in total. The smallest absolute Gasteiger partial charge is 0.341 e. The van der Waals surface area contributed by atoms with Gasteiger partial charge in [0.2, 0.25) is 0 Å². The lowest BCUT2D eigenvalue weighted by molar-refractivity contribution is 0.0588. The van der Waals surface area contributed by atoms with Crippen molar-refractivity contribution in [3.8, 4) is 11.5 Å². The molecule has 57 heavy (non-hydrogen) atoms. The predicted molar refractivity (Wildman–Crippen MR) is 241 cm³/mol. The molecule has 0 saturated carbocycles. The molecule has 0 aliphatic carbocycles. The summed E-state index contributed by atoms with van der Waals surface area (Å²) in [6.07, 6.45) is 40.0. The summed E-state index contributed by atoms with van der Waals surface area (Å²) in [4.78, 5) is 25.4. The van der Waals surface area contributed by atoms with Crippen LogP contribution < -0.4 is 9.47 Å². The highest BCUT2D eigenvalue weighted by Gasteiger charge is 2.23. The van der Waals surface area contributed by atoms with Gasteiger partial charge in [0, 0.05) is 0 Å². The Balaban J connectivity index is 1.67. The molecule has 0 atom stereocenters. The van der Waals surface area contributed by atoms with Gasteiger partial charge in [-0.05, 0) is 53.8 Å². The van der Waals surface area contributed by atoms with Gasteiger partial charge < -0.3 is 18.9 Å². The van der Waals surface area contributed by atoms with Crippen LogP contribution in [-0.4, -0.2) is 40.4 Å². The molecule has 0 heterocycles. The second kappa shape index (κ2) is 32.2. The summed E-state index contributed by atoms with van der Waals surface area (Å²) in [6.45, 7) is 2.29. The minimum absolute atomic E-state index is 0.205. The first-order valence-corrected chi connectivity index (χ1v) is 23.2. The fourth-order valence-corrected chi connectivity index (χ4v) is 8.31. The first-order chi connectivity index (χ1) is 27.8. The van der Waals surface area contributed by atoms with Crippen LogP contribution in [0.1, 0.15) is 219 Å². The molecule has 6 nitrogen and oxygen atoms in total. The average molecular weight is 832 g/mol. The Labute approximate surface area is 357 Å². The summed E-state index contributed by atoms with van der Waals surface area (Å²) in [5.41, 5.74) is 2.52. The number of carbonyl (C=O) groups excluding carboxylic acids is 2. The first kappa shape index (κ1) is 50.4. The molecule has 322 valence electrons. The zero-order chi connectivity index (χ0) is 41.5. The fourth-order valence-electron chi connectivity index (χ4n) is 7.72. The number of allylic oxidation sites excluding steroid dienone is 1. The first-order valence-electron chi connectivity index (χ1n) is 22.4. The zero-order valence-electron chi connectivity index (χ0n) is 36.4. The van der Waals surface area contributed by atoms with Crippen molar-refractivity contribution in [2.75, 3.05) is 28.4 Å². The second-order valence-corrected chi connectivity index (χ2v) is 16.5. The minimum atomic E-state index is -0.566. The molecule has 0 aliphatic heterocycles. The van der Waals surface area contributed by atoms with Crippen LogP contribution in [0.2, 0.25) is 10.0 Å². The summed E-state index contributed by atoms with van der Waals surface area (Å²) in [5, 5.41) is 0.536. The molecule has 0 radical (unpaired) electrons. The lowest BCUT2D eigenvalue weighted by Crippen LogP contribution is -2.07. The lowest BCUT2D eigenvalue weighted by Gasteiger charge is -2.17. The quantitative estimate of drug-likeness (QED) is 0.0517. The van der Waals surface area contributed by atoms with E-state index in [4.69, 9.17) is 42.1 Å². The summed E-state index contributed by atoms with van der Waals surface area (Å²) >= 11 is 13.2. The van der Waals surface area contributed by atoms with Crippen molar-refractivity contribution in [1.82, 2.24) is 0 Å². The van der Waals surface area contributed by atoms with E-state index in [9.17, 15) is 9.59 Å². The van der Waals surface area contributed by atoms with Crippen LogP contribution in [0.3, 0.4) is 0 Å². The SMILES string of the molecule is CCCCCCCCCCCCCCCCCCCCCCCCCCCCCC=C(c1cc(Cl)c(OC)c(C(=O)OC)c1)c1cc(Cl)c(OC)c(C(=O)OC)c1. The highest BCUT2D eigenvalue weighted by Crippen LogP contribution is 2.39. The maximum absolute atomic E-state index is 12.7. The summed E-state index contributed by atoms with van der Waals surface area (Å²) in [6, 6.07) is 6.88. The Bertz CT molecular complexity index is 1360. The largest absolute Gasteiger partial charge is 0.494 e. The molecule has 2 aromatic carbocycles. The maximum Gasteiger partial charge on any atom is 0.341 e. The Hall–Kier alpha value is -2.70. The second-order valence-electron chi connectivity index (χ2n) is 15.7. The monoisotopic (exact) mass is 831 g/mol. The highest BCUT2D eigenvalue weighted by molar-refractivity contribution is 6.33. The average Bonchev–Trinajstić information content (AvgIpc) is 3.21. The van der Waals surface area contributed by atoms with Crippen LogP contribution >= 0.6 is 23.2 Å². The van der Waals surface area contributed by atoms with E-state index in [0.717, 1.165) is 24.8 Å². The van der Waals surface area contributed by atoms with Crippen LogP contribution in [0.25, 0.3) is 5.57 Å². The molecule has 0 fully saturated rings. The number of methoxy groups -OCH3 is 4. The van der Waals surface area contributed by atoms with E-state index < -0.39 is 11.9 Å². The molecular formula is C49H76Cl2O6. The van der Waals surface area contributed by atoms with E-state index in [1.807, 2.05) is 0 Å². The Morgan fingerprint density at radius 2 is 0.737 bits per heavy atom. The van der Waals surface area contributed by atoms with Crippen LogP contribution in [-0.2, 0) is 9.47 Å². The molecule has 0 spiro atoms. The normalized spacial score (nSPS) is 11.1. The van der Waals surface area contributed by atoms with E-state index in [1.54, 1.807) is 24.3 Å². The number of rotatable bonds is 34. The van der Waals surface area contributed by atoms with E-state index >= 15 is 0 Å². The molecule has 0 amide bonds. The van der Waals surface area contributed by atoms with E-state index in [1.165, 1.54) is 189 Å². The van der Waals surface area contributed by atoms with Crippen molar-refractivity contribution in [1.29, 1.82) is 0 Å². The summed E-state index contributed by atoms with van der Waals surface area (Å²) in [7, 11) is 5.54. The molecule has 8 heteroatoms. The van der Waals surface area contributed by atoms with Gasteiger partial charge in [0.25, 0.3) is 0 Å². The number of hydrogen-bond acceptors (Lipinski definition) is 6. The predicted octanol–water partition coefficient (Wildman–Crippen LogP) is 16.0. The van der Waals surface area contributed by atoms with Crippen LogP contribution in [0.15, 0.2) is 30.3 Å². The fraction of sp³-hybridized carbons (Fsp3) is 0.673. The summed E-state index contributed by atoms with van der Waals surface area (Å²) < 4.78 is 20.9. The van der Waals surface area contributed by atoms with Crippen LogP contribution in [0.5, 0.6) is 11.5 Å². The molecule has 2 rings (SSSR count). The molecular weight excluding hydrogens is 755 g/mol. The van der Waals surface area contributed by atoms with Gasteiger partial charge in [0.05, 0.1) is 38.5 Å². The molecule has 0 unspecified atom stereocenters. The van der Waals surface area contributed by atoms with Crippen molar-refractivity contribution in [2.45, 2.75) is 187 Å². The topological polar surface area (TPSA) is 71.1 Å². The Kier molecular flexibility index (Phi) is 28.5. The lowest BCUT2D eigenvalue weighted by atomic mass is 9.93. The van der Waals surface area contributed by atoms with Gasteiger partial charge in [-0.1, -0.05) is 203 Å². The van der Waals surface area contributed by atoms with Crippen molar-refractivity contribution in [2.24, 2.45) is 0 Å². The minimum Gasteiger partial charge on any atom is -0.494 e. The van der Waals surface area contributed by atoms with Gasteiger partial charge in [-0.25, -0.2) is 9.59 Å². The molecule has 0 bridgehead atoms.